The van der Waals surface area contributed by atoms with Crippen molar-refractivity contribution in [1.82, 2.24) is 9.62 Å². The van der Waals surface area contributed by atoms with Crippen LogP contribution >= 0.6 is 0 Å². The Morgan fingerprint density at radius 3 is 2.27 bits per heavy atom. The number of nitrogens with two attached hydrogens (primary N) is 1. The highest BCUT2D eigenvalue weighted by molar-refractivity contribution is 7.89. The van der Waals surface area contributed by atoms with Crippen LogP contribution < -0.4 is 16.4 Å². The zero-order valence-electron chi connectivity index (χ0n) is 17.4. The molecule has 162 valence electrons. The minimum absolute atomic E-state index is 0.131. The smallest absolute Gasteiger partial charge is 0.312 e. The maximum absolute atomic E-state index is 12.9. The standard InChI is InChI=1S/C21H28N4O4S/c1-4-25(5-2)30(28,29)19-14-17(12-11-15(19)3)23-20(26)18(24-21(22)27)13-16-9-7-6-8-10-16/h6-12,14,18H,4-5,13H2,1-3H3,(H,23,26)(H3,22,24,27)/t18-/m0/s1. The molecular formula is C21H28N4O4S. The molecule has 0 bridgehead atoms. The lowest BCUT2D eigenvalue weighted by atomic mass is 10.1. The Morgan fingerprint density at radius 2 is 1.70 bits per heavy atom. The fraction of sp³-hybridized carbons (Fsp3) is 0.333. The number of carbonyl (C=O) groups is 2. The number of anilines is 1. The van der Waals surface area contributed by atoms with Gasteiger partial charge in [0, 0.05) is 25.2 Å². The highest BCUT2D eigenvalue weighted by Gasteiger charge is 2.25. The van der Waals surface area contributed by atoms with Gasteiger partial charge in [-0.1, -0.05) is 50.2 Å². The number of hydrogen-bond donors (Lipinski definition) is 3. The fourth-order valence-corrected chi connectivity index (χ4v) is 4.83. The minimum atomic E-state index is -3.69. The summed E-state index contributed by atoms with van der Waals surface area (Å²) in [6.45, 7) is 5.93. The van der Waals surface area contributed by atoms with E-state index in [1.807, 2.05) is 30.3 Å². The van der Waals surface area contributed by atoms with E-state index in [2.05, 4.69) is 10.6 Å². The molecule has 9 heteroatoms. The first-order valence-electron chi connectivity index (χ1n) is 9.70. The van der Waals surface area contributed by atoms with Crippen molar-refractivity contribution in [2.24, 2.45) is 5.73 Å². The summed E-state index contributed by atoms with van der Waals surface area (Å²) in [4.78, 5) is 24.3. The third-order valence-corrected chi connectivity index (χ3v) is 6.89. The highest BCUT2D eigenvalue weighted by atomic mass is 32.2. The molecule has 2 rings (SSSR count). The molecule has 0 aliphatic rings. The highest BCUT2D eigenvalue weighted by Crippen LogP contribution is 2.24. The molecule has 0 aliphatic heterocycles. The van der Waals surface area contributed by atoms with Crippen molar-refractivity contribution in [3.63, 3.8) is 0 Å². The Kier molecular flexibility index (Phi) is 7.96. The van der Waals surface area contributed by atoms with Crippen LogP contribution in [0.1, 0.15) is 25.0 Å². The van der Waals surface area contributed by atoms with Crippen LogP contribution in [-0.2, 0) is 21.2 Å². The zero-order chi connectivity index (χ0) is 22.3. The van der Waals surface area contributed by atoms with Gasteiger partial charge in [-0.15, -0.1) is 0 Å². The van der Waals surface area contributed by atoms with Gasteiger partial charge in [-0.25, -0.2) is 13.2 Å². The largest absolute Gasteiger partial charge is 0.352 e. The van der Waals surface area contributed by atoms with Crippen LogP contribution in [0.3, 0.4) is 0 Å². The number of nitrogens with zero attached hydrogens (tertiary/aromatic N) is 1. The molecule has 0 aliphatic carbocycles. The van der Waals surface area contributed by atoms with E-state index in [1.165, 1.54) is 10.4 Å². The van der Waals surface area contributed by atoms with Gasteiger partial charge < -0.3 is 16.4 Å². The van der Waals surface area contributed by atoms with E-state index in [0.29, 0.717) is 24.3 Å². The first-order valence-corrected chi connectivity index (χ1v) is 11.1. The molecule has 4 N–H and O–H groups in total. The van der Waals surface area contributed by atoms with E-state index in [-0.39, 0.29) is 11.3 Å². The van der Waals surface area contributed by atoms with Crippen LogP contribution in [0.15, 0.2) is 53.4 Å². The van der Waals surface area contributed by atoms with E-state index in [4.69, 9.17) is 5.73 Å². The van der Waals surface area contributed by atoms with E-state index >= 15 is 0 Å². The van der Waals surface area contributed by atoms with Gasteiger partial charge in [-0.3, -0.25) is 4.79 Å². The molecule has 3 amide bonds. The third-order valence-electron chi connectivity index (χ3n) is 4.69. The Balaban J connectivity index is 2.28. The second-order valence-corrected chi connectivity index (χ2v) is 8.72. The first kappa shape index (κ1) is 23.4. The molecule has 30 heavy (non-hydrogen) atoms. The van der Waals surface area contributed by atoms with Gasteiger partial charge >= 0.3 is 6.03 Å². The Hall–Kier alpha value is -2.91. The summed E-state index contributed by atoms with van der Waals surface area (Å²) in [6.07, 6.45) is 0.242. The molecule has 0 fully saturated rings. The van der Waals surface area contributed by atoms with Gasteiger partial charge in [0.25, 0.3) is 0 Å². The number of primary amides is 1. The van der Waals surface area contributed by atoms with Crippen molar-refractivity contribution in [2.75, 3.05) is 18.4 Å². The lowest BCUT2D eigenvalue weighted by Gasteiger charge is -2.21. The summed E-state index contributed by atoms with van der Waals surface area (Å²) in [5, 5.41) is 5.13. The van der Waals surface area contributed by atoms with Crippen molar-refractivity contribution in [1.29, 1.82) is 0 Å². The number of aryl methyl sites for hydroxylation is 1. The number of sulfonamides is 1. The summed E-state index contributed by atoms with van der Waals surface area (Å²) in [7, 11) is -3.69. The van der Waals surface area contributed by atoms with Crippen LogP contribution in [0.25, 0.3) is 0 Å². The molecule has 1 atom stereocenters. The summed E-state index contributed by atoms with van der Waals surface area (Å²) in [5.74, 6) is -0.493. The van der Waals surface area contributed by atoms with Crippen LogP contribution in [0.4, 0.5) is 10.5 Å². The molecule has 0 spiro atoms. The SMILES string of the molecule is CCN(CC)S(=O)(=O)c1cc(NC(=O)[C@H](Cc2ccccc2)NC(N)=O)ccc1C. The van der Waals surface area contributed by atoms with Crippen molar-refractivity contribution < 1.29 is 18.0 Å². The molecule has 0 saturated heterocycles. The lowest BCUT2D eigenvalue weighted by Crippen LogP contribution is -2.47. The number of hydrogen-bond acceptors (Lipinski definition) is 4. The Bertz CT molecular complexity index is 989. The van der Waals surface area contributed by atoms with Gasteiger partial charge in [-0.05, 0) is 30.2 Å². The van der Waals surface area contributed by atoms with Crippen LogP contribution in [-0.4, -0.2) is 43.8 Å². The summed E-state index contributed by atoms with van der Waals surface area (Å²) in [6, 6.07) is 12.2. The number of amides is 3. The van der Waals surface area contributed by atoms with Gasteiger partial charge in [0.1, 0.15) is 6.04 Å². The number of benzene rings is 2. The molecule has 0 radical (unpaired) electrons. The Morgan fingerprint density at radius 1 is 1.07 bits per heavy atom. The molecule has 0 heterocycles. The Labute approximate surface area is 177 Å². The monoisotopic (exact) mass is 432 g/mol. The van der Waals surface area contributed by atoms with Crippen molar-refractivity contribution in [3.05, 3.63) is 59.7 Å². The van der Waals surface area contributed by atoms with Crippen molar-refractivity contribution in [2.45, 2.75) is 38.1 Å². The minimum Gasteiger partial charge on any atom is -0.352 e. The average molecular weight is 433 g/mol. The molecule has 2 aromatic carbocycles. The summed E-state index contributed by atoms with van der Waals surface area (Å²) in [5.41, 5.74) is 6.98. The second-order valence-electron chi connectivity index (χ2n) is 6.81. The molecule has 0 saturated carbocycles. The number of urea groups is 1. The van der Waals surface area contributed by atoms with E-state index < -0.39 is 28.0 Å². The zero-order valence-corrected chi connectivity index (χ0v) is 18.2. The van der Waals surface area contributed by atoms with Crippen LogP contribution in [0, 0.1) is 6.92 Å². The average Bonchev–Trinajstić information content (AvgIpc) is 2.70. The number of nitrogens with one attached hydrogen (secondary N) is 2. The number of carbonyl (C=O) groups excluding carboxylic acids is 2. The third kappa shape index (κ3) is 5.80. The maximum Gasteiger partial charge on any atom is 0.312 e. The predicted octanol–water partition coefficient (Wildman–Crippen LogP) is 2.24. The quantitative estimate of drug-likeness (QED) is 0.562. The molecule has 0 aromatic heterocycles. The molecule has 0 unspecified atom stereocenters. The van der Waals surface area contributed by atoms with Crippen LogP contribution in [0.2, 0.25) is 0 Å². The van der Waals surface area contributed by atoms with Gasteiger partial charge in [-0.2, -0.15) is 4.31 Å². The predicted molar refractivity (Wildman–Crippen MR) is 117 cm³/mol. The molecule has 8 nitrogen and oxygen atoms in total. The van der Waals surface area contributed by atoms with Gasteiger partial charge in [0.05, 0.1) is 4.90 Å². The van der Waals surface area contributed by atoms with Gasteiger partial charge in [0.15, 0.2) is 0 Å². The summed E-state index contributed by atoms with van der Waals surface area (Å²) < 4.78 is 27.2. The normalized spacial score (nSPS) is 12.4. The van der Waals surface area contributed by atoms with E-state index in [0.717, 1.165) is 5.56 Å². The van der Waals surface area contributed by atoms with Crippen molar-refractivity contribution in [3.8, 4) is 0 Å². The van der Waals surface area contributed by atoms with E-state index in [9.17, 15) is 18.0 Å². The first-order chi connectivity index (χ1) is 14.2. The van der Waals surface area contributed by atoms with Gasteiger partial charge in [0.2, 0.25) is 15.9 Å². The second kappa shape index (κ2) is 10.2. The van der Waals surface area contributed by atoms with Crippen LogP contribution in [0.5, 0.6) is 0 Å². The molecule has 2 aromatic rings. The molecular weight excluding hydrogens is 404 g/mol. The topological polar surface area (TPSA) is 122 Å². The summed E-state index contributed by atoms with van der Waals surface area (Å²) >= 11 is 0. The van der Waals surface area contributed by atoms with Crippen molar-refractivity contribution >= 4 is 27.6 Å². The van der Waals surface area contributed by atoms with E-state index in [1.54, 1.807) is 32.9 Å². The lowest BCUT2D eigenvalue weighted by molar-refractivity contribution is -0.117. The fourth-order valence-electron chi connectivity index (χ4n) is 3.12. The number of rotatable bonds is 9. The maximum atomic E-state index is 12.9.